The fourth-order valence-electron chi connectivity index (χ4n) is 3.02. The third-order valence-corrected chi connectivity index (χ3v) is 6.04. The first-order chi connectivity index (χ1) is 14.0. The molecule has 8 heteroatoms. The van der Waals surface area contributed by atoms with Gasteiger partial charge in [0.25, 0.3) is 0 Å². The Balaban J connectivity index is 1.69. The maximum atomic E-state index is 4.88. The summed E-state index contributed by atoms with van der Waals surface area (Å²) in [6.07, 6.45) is 7.90. The van der Waals surface area contributed by atoms with Gasteiger partial charge < -0.3 is 0 Å². The summed E-state index contributed by atoms with van der Waals surface area (Å²) >= 11 is 3.23. The minimum atomic E-state index is -0.378. The quantitative estimate of drug-likeness (QED) is 0.423. The van der Waals surface area contributed by atoms with E-state index >= 15 is 0 Å². The van der Waals surface area contributed by atoms with E-state index < -0.39 is 0 Å². The minimum Gasteiger partial charge on any atom is -0.233 e. The van der Waals surface area contributed by atoms with Crippen molar-refractivity contribution in [2.75, 3.05) is 12.5 Å². The molecule has 0 saturated carbocycles. The van der Waals surface area contributed by atoms with Gasteiger partial charge in [-0.1, -0.05) is 12.1 Å². The summed E-state index contributed by atoms with van der Waals surface area (Å²) in [4.78, 5) is 9.77. The van der Waals surface area contributed by atoms with Crippen LogP contribution in [0.5, 0.6) is 0 Å². The molecule has 6 nitrogen and oxygen atoms in total. The van der Waals surface area contributed by atoms with E-state index in [-0.39, 0.29) is 5.41 Å². The van der Waals surface area contributed by atoms with Crippen LogP contribution in [0.2, 0.25) is 0 Å². The molecular formula is C21H22N6S2. The summed E-state index contributed by atoms with van der Waals surface area (Å²) in [6, 6.07) is 16.0. The molecular weight excluding hydrogens is 400 g/mol. The van der Waals surface area contributed by atoms with Crippen LogP contribution in [0.1, 0.15) is 25.2 Å². The average Bonchev–Trinajstić information content (AvgIpc) is 3.43. The van der Waals surface area contributed by atoms with Crippen molar-refractivity contribution >= 4 is 23.5 Å². The molecule has 0 aliphatic rings. The number of aromatic nitrogens is 6. The van der Waals surface area contributed by atoms with E-state index in [4.69, 9.17) is 9.97 Å². The number of rotatable bonds is 6. The van der Waals surface area contributed by atoms with Gasteiger partial charge in [-0.25, -0.2) is 19.3 Å². The summed E-state index contributed by atoms with van der Waals surface area (Å²) in [6.45, 7) is 4.27. The minimum absolute atomic E-state index is 0.378. The van der Waals surface area contributed by atoms with E-state index in [2.05, 4.69) is 24.0 Å². The van der Waals surface area contributed by atoms with E-state index in [1.54, 1.807) is 23.5 Å². The van der Waals surface area contributed by atoms with E-state index in [1.165, 1.54) is 0 Å². The van der Waals surface area contributed by atoms with Gasteiger partial charge in [-0.3, -0.25) is 0 Å². The molecule has 0 atom stereocenters. The van der Waals surface area contributed by atoms with Crippen molar-refractivity contribution in [1.82, 2.24) is 29.5 Å². The van der Waals surface area contributed by atoms with Crippen LogP contribution >= 0.6 is 23.5 Å². The number of nitrogens with zero attached hydrogens (tertiary/aromatic N) is 6. The van der Waals surface area contributed by atoms with Crippen molar-refractivity contribution < 1.29 is 0 Å². The van der Waals surface area contributed by atoms with Gasteiger partial charge in [0.05, 0.1) is 11.4 Å². The third kappa shape index (κ3) is 3.95. The Bertz CT molecular complexity index is 1040. The van der Waals surface area contributed by atoms with Crippen LogP contribution in [0.3, 0.4) is 0 Å². The summed E-state index contributed by atoms with van der Waals surface area (Å²) in [5.41, 5.74) is 1.49. The summed E-state index contributed by atoms with van der Waals surface area (Å²) < 4.78 is 3.62. The standard InChI is InChI=1S/C21H22N6S2/c1-21(2,15-7-5-9-17(22-15)26-13-11-19(24-26)28-3)16-8-6-10-18(23-16)27-14-12-20(25-27)29-4/h5-14H,1-4H3. The molecule has 0 saturated heterocycles. The summed E-state index contributed by atoms with van der Waals surface area (Å²) in [7, 11) is 0. The highest BCUT2D eigenvalue weighted by Gasteiger charge is 2.27. The Labute approximate surface area is 178 Å². The van der Waals surface area contributed by atoms with Gasteiger partial charge in [-0.2, -0.15) is 10.2 Å². The second kappa shape index (κ2) is 8.04. The summed E-state index contributed by atoms with van der Waals surface area (Å²) in [5, 5.41) is 11.0. The van der Waals surface area contributed by atoms with Gasteiger partial charge in [0.1, 0.15) is 10.1 Å². The molecule has 0 spiro atoms. The fourth-order valence-corrected chi connectivity index (χ4v) is 3.75. The normalized spacial score (nSPS) is 11.7. The van der Waals surface area contributed by atoms with E-state index in [0.29, 0.717) is 0 Å². The molecule has 4 aromatic heterocycles. The van der Waals surface area contributed by atoms with Gasteiger partial charge in [0.15, 0.2) is 11.6 Å². The van der Waals surface area contributed by atoms with Crippen LogP contribution in [0, 0.1) is 0 Å². The summed E-state index contributed by atoms with van der Waals surface area (Å²) in [5.74, 6) is 1.59. The van der Waals surface area contributed by atoms with Crippen molar-refractivity contribution in [3.05, 3.63) is 72.3 Å². The van der Waals surface area contributed by atoms with E-state index in [1.807, 2.05) is 82.8 Å². The second-order valence-corrected chi connectivity index (χ2v) is 8.65. The van der Waals surface area contributed by atoms with Gasteiger partial charge >= 0.3 is 0 Å². The molecule has 0 unspecified atom stereocenters. The molecule has 148 valence electrons. The second-order valence-electron chi connectivity index (χ2n) is 6.99. The lowest BCUT2D eigenvalue weighted by Gasteiger charge is -2.24. The molecule has 0 bridgehead atoms. The highest BCUT2D eigenvalue weighted by Crippen LogP contribution is 2.30. The monoisotopic (exact) mass is 422 g/mol. The Hall–Kier alpha value is -2.58. The number of hydrogen-bond donors (Lipinski definition) is 0. The Morgan fingerprint density at radius 3 is 1.52 bits per heavy atom. The van der Waals surface area contributed by atoms with Gasteiger partial charge in [0.2, 0.25) is 0 Å². The van der Waals surface area contributed by atoms with Crippen LogP contribution in [0.25, 0.3) is 11.6 Å². The predicted molar refractivity (Wildman–Crippen MR) is 118 cm³/mol. The van der Waals surface area contributed by atoms with Gasteiger partial charge in [-0.15, -0.1) is 23.5 Å². The molecule has 29 heavy (non-hydrogen) atoms. The molecule has 0 aromatic carbocycles. The van der Waals surface area contributed by atoms with Gasteiger partial charge in [0, 0.05) is 17.8 Å². The lowest BCUT2D eigenvalue weighted by molar-refractivity contribution is 0.587. The lowest BCUT2D eigenvalue weighted by atomic mass is 9.84. The first-order valence-electron chi connectivity index (χ1n) is 9.16. The highest BCUT2D eigenvalue weighted by molar-refractivity contribution is 7.98. The first-order valence-corrected chi connectivity index (χ1v) is 11.6. The topological polar surface area (TPSA) is 61.4 Å². The molecule has 0 N–H and O–H groups in total. The number of hydrogen-bond acceptors (Lipinski definition) is 6. The van der Waals surface area contributed by atoms with Crippen LogP contribution in [-0.4, -0.2) is 42.0 Å². The molecule has 0 amide bonds. The lowest BCUT2D eigenvalue weighted by Crippen LogP contribution is -2.23. The van der Waals surface area contributed by atoms with E-state index in [0.717, 1.165) is 33.1 Å². The maximum absolute atomic E-state index is 4.88. The number of thioether (sulfide) groups is 2. The Morgan fingerprint density at radius 2 is 1.14 bits per heavy atom. The highest BCUT2D eigenvalue weighted by atomic mass is 32.2. The average molecular weight is 423 g/mol. The van der Waals surface area contributed by atoms with Crippen molar-refractivity contribution in [1.29, 1.82) is 0 Å². The fraction of sp³-hybridized carbons (Fsp3) is 0.238. The largest absolute Gasteiger partial charge is 0.233 e. The van der Waals surface area contributed by atoms with Crippen molar-refractivity contribution in [3.8, 4) is 11.6 Å². The van der Waals surface area contributed by atoms with Crippen LogP contribution in [0.15, 0.2) is 71.0 Å². The first kappa shape index (κ1) is 19.7. The van der Waals surface area contributed by atoms with Gasteiger partial charge in [-0.05, 0) is 62.8 Å². The van der Waals surface area contributed by atoms with Crippen molar-refractivity contribution in [2.24, 2.45) is 0 Å². The maximum Gasteiger partial charge on any atom is 0.153 e. The molecule has 0 aliphatic carbocycles. The SMILES string of the molecule is CSc1ccn(-c2cccc(C(C)(C)c3cccc(-n4ccc(SC)n4)n3)n2)n1. The zero-order chi connectivity index (χ0) is 20.4. The molecule has 0 fully saturated rings. The smallest absolute Gasteiger partial charge is 0.153 e. The van der Waals surface area contributed by atoms with Crippen LogP contribution in [-0.2, 0) is 5.41 Å². The predicted octanol–water partition coefficient (Wildman–Crippen LogP) is 4.62. The van der Waals surface area contributed by atoms with Crippen LogP contribution in [0.4, 0.5) is 0 Å². The number of pyridine rings is 2. The zero-order valence-corrected chi connectivity index (χ0v) is 18.4. The molecule has 4 heterocycles. The Kier molecular flexibility index (Phi) is 5.47. The van der Waals surface area contributed by atoms with E-state index in [9.17, 15) is 0 Å². The Morgan fingerprint density at radius 1 is 0.690 bits per heavy atom. The molecule has 0 aliphatic heterocycles. The van der Waals surface area contributed by atoms with Crippen LogP contribution < -0.4 is 0 Å². The zero-order valence-electron chi connectivity index (χ0n) is 16.8. The van der Waals surface area contributed by atoms with Crippen molar-refractivity contribution in [3.63, 3.8) is 0 Å². The van der Waals surface area contributed by atoms with Crippen molar-refractivity contribution in [2.45, 2.75) is 29.3 Å². The third-order valence-electron chi connectivity index (χ3n) is 4.77. The molecule has 4 aromatic rings. The molecule has 4 rings (SSSR count). The molecule has 0 radical (unpaired) electrons.